The van der Waals surface area contributed by atoms with E-state index in [2.05, 4.69) is 20.6 Å². The maximum atomic E-state index is 12.3. The molecule has 0 saturated heterocycles. The highest BCUT2D eigenvalue weighted by Crippen LogP contribution is 2.13. The zero-order valence-corrected chi connectivity index (χ0v) is 14.5. The highest BCUT2D eigenvalue weighted by molar-refractivity contribution is 5.94. The molecular formula is C20H20N4O2. The lowest BCUT2D eigenvalue weighted by Gasteiger charge is -2.08. The van der Waals surface area contributed by atoms with Crippen molar-refractivity contribution in [3.8, 4) is 5.75 Å². The molecule has 2 aromatic heterocycles. The van der Waals surface area contributed by atoms with E-state index in [0.29, 0.717) is 23.7 Å². The fraction of sp³-hybridized carbons (Fsp3) is 0.150. The Morgan fingerprint density at radius 2 is 1.81 bits per heavy atom. The molecular weight excluding hydrogens is 328 g/mol. The van der Waals surface area contributed by atoms with Crippen molar-refractivity contribution in [2.75, 3.05) is 19.0 Å². The predicted octanol–water partition coefficient (Wildman–Crippen LogP) is 3.20. The number of methoxy groups -OCH3 is 1. The molecule has 0 atom stereocenters. The smallest absolute Gasteiger partial charge is 0.251 e. The van der Waals surface area contributed by atoms with Gasteiger partial charge in [-0.15, -0.1) is 0 Å². The molecule has 2 heterocycles. The number of anilines is 2. The van der Waals surface area contributed by atoms with Crippen LogP contribution in [0.4, 0.5) is 11.6 Å². The van der Waals surface area contributed by atoms with E-state index in [9.17, 15) is 4.79 Å². The molecule has 0 radical (unpaired) electrons. The van der Waals surface area contributed by atoms with E-state index >= 15 is 0 Å². The molecule has 2 N–H and O–H groups in total. The predicted molar refractivity (Wildman–Crippen MR) is 101 cm³/mol. The first-order valence-electron chi connectivity index (χ1n) is 8.30. The highest BCUT2D eigenvalue weighted by Gasteiger charge is 2.07. The van der Waals surface area contributed by atoms with Crippen molar-refractivity contribution in [2.45, 2.75) is 6.42 Å². The monoisotopic (exact) mass is 348 g/mol. The van der Waals surface area contributed by atoms with Gasteiger partial charge in [-0.05, 0) is 48.4 Å². The zero-order chi connectivity index (χ0) is 18.2. The van der Waals surface area contributed by atoms with E-state index in [1.54, 1.807) is 31.6 Å². The van der Waals surface area contributed by atoms with Crippen molar-refractivity contribution in [1.82, 2.24) is 15.3 Å². The Kier molecular flexibility index (Phi) is 5.77. The molecule has 0 spiro atoms. The third kappa shape index (κ3) is 4.80. The van der Waals surface area contributed by atoms with Crippen LogP contribution in [0.3, 0.4) is 0 Å². The van der Waals surface area contributed by atoms with Gasteiger partial charge in [-0.1, -0.05) is 18.2 Å². The molecule has 3 aromatic rings. The number of carbonyl (C=O) groups excluding carboxylic acids is 1. The number of aromatic nitrogens is 2. The molecule has 132 valence electrons. The van der Waals surface area contributed by atoms with Crippen molar-refractivity contribution in [1.29, 1.82) is 0 Å². The number of amides is 1. The third-order valence-electron chi connectivity index (χ3n) is 3.80. The maximum absolute atomic E-state index is 12.3. The average molecular weight is 348 g/mol. The fourth-order valence-corrected chi connectivity index (χ4v) is 2.42. The number of hydrogen-bond acceptors (Lipinski definition) is 5. The molecule has 3 rings (SSSR count). The van der Waals surface area contributed by atoms with E-state index in [0.717, 1.165) is 17.7 Å². The first kappa shape index (κ1) is 17.4. The van der Waals surface area contributed by atoms with Crippen LogP contribution in [-0.4, -0.2) is 29.5 Å². The van der Waals surface area contributed by atoms with Crippen molar-refractivity contribution in [3.05, 3.63) is 78.1 Å². The number of hydrogen-bond donors (Lipinski definition) is 2. The third-order valence-corrected chi connectivity index (χ3v) is 3.80. The molecule has 0 saturated carbocycles. The number of pyridine rings is 2. The Bertz CT molecular complexity index is 851. The summed E-state index contributed by atoms with van der Waals surface area (Å²) in [7, 11) is 1.64. The molecule has 0 aliphatic carbocycles. The molecule has 0 bridgehead atoms. The summed E-state index contributed by atoms with van der Waals surface area (Å²) in [6.07, 6.45) is 4.04. The van der Waals surface area contributed by atoms with Crippen molar-refractivity contribution < 1.29 is 9.53 Å². The van der Waals surface area contributed by atoms with E-state index in [1.807, 2.05) is 42.5 Å². The van der Waals surface area contributed by atoms with Crippen molar-refractivity contribution in [2.24, 2.45) is 0 Å². The minimum atomic E-state index is -0.134. The van der Waals surface area contributed by atoms with Gasteiger partial charge < -0.3 is 15.4 Å². The molecule has 0 fully saturated rings. The number of benzene rings is 1. The number of rotatable bonds is 7. The summed E-state index contributed by atoms with van der Waals surface area (Å²) in [6.45, 7) is 0.552. The summed E-state index contributed by atoms with van der Waals surface area (Å²) in [4.78, 5) is 20.7. The lowest BCUT2D eigenvalue weighted by atomic mass is 10.1. The molecule has 0 aliphatic rings. The normalized spacial score (nSPS) is 10.2. The largest absolute Gasteiger partial charge is 0.497 e. The molecule has 26 heavy (non-hydrogen) atoms. The van der Waals surface area contributed by atoms with Crippen LogP contribution < -0.4 is 15.4 Å². The average Bonchev–Trinajstić information content (AvgIpc) is 2.69. The fourth-order valence-electron chi connectivity index (χ4n) is 2.42. The van der Waals surface area contributed by atoms with E-state index in [1.165, 1.54) is 0 Å². The first-order chi connectivity index (χ1) is 12.7. The molecule has 1 aromatic carbocycles. The molecule has 0 aliphatic heterocycles. The van der Waals surface area contributed by atoms with Gasteiger partial charge in [0.15, 0.2) is 0 Å². The molecule has 6 nitrogen and oxygen atoms in total. The summed E-state index contributed by atoms with van der Waals surface area (Å²) >= 11 is 0. The molecule has 6 heteroatoms. The Balaban J connectivity index is 1.55. The van der Waals surface area contributed by atoms with Gasteiger partial charge in [-0.3, -0.25) is 4.79 Å². The van der Waals surface area contributed by atoms with Gasteiger partial charge in [-0.25, -0.2) is 9.97 Å². The topological polar surface area (TPSA) is 76.1 Å². The van der Waals surface area contributed by atoms with Crippen LogP contribution in [0, 0.1) is 0 Å². The molecule has 0 unspecified atom stereocenters. The van der Waals surface area contributed by atoms with Gasteiger partial charge in [0.2, 0.25) is 0 Å². The van der Waals surface area contributed by atoms with Crippen LogP contribution in [0.2, 0.25) is 0 Å². The lowest BCUT2D eigenvalue weighted by molar-refractivity contribution is 0.0954. The maximum Gasteiger partial charge on any atom is 0.251 e. The van der Waals surface area contributed by atoms with Gasteiger partial charge >= 0.3 is 0 Å². The van der Waals surface area contributed by atoms with Gasteiger partial charge in [0.25, 0.3) is 5.91 Å². The van der Waals surface area contributed by atoms with Crippen molar-refractivity contribution in [3.63, 3.8) is 0 Å². The zero-order valence-electron chi connectivity index (χ0n) is 14.5. The minimum Gasteiger partial charge on any atom is -0.497 e. The van der Waals surface area contributed by atoms with Gasteiger partial charge in [-0.2, -0.15) is 0 Å². The Hall–Kier alpha value is -3.41. The van der Waals surface area contributed by atoms with Crippen LogP contribution in [0.1, 0.15) is 15.9 Å². The quantitative estimate of drug-likeness (QED) is 0.686. The van der Waals surface area contributed by atoms with Crippen molar-refractivity contribution >= 4 is 17.5 Å². The standard InChI is InChI=1S/C20H20N4O2/c1-26-17-7-5-15(6-8-17)9-12-23-20(25)16-10-13-22-19(14-16)24-18-4-2-3-11-21-18/h2-8,10-11,13-14H,9,12H2,1H3,(H,23,25)(H,21,22,24). The van der Waals surface area contributed by atoms with Gasteiger partial charge in [0.1, 0.15) is 17.4 Å². The molecule has 1 amide bonds. The second-order valence-electron chi connectivity index (χ2n) is 5.62. The Morgan fingerprint density at radius 3 is 2.54 bits per heavy atom. The van der Waals surface area contributed by atoms with Gasteiger partial charge in [0.05, 0.1) is 7.11 Å². The Morgan fingerprint density at radius 1 is 1.00 bits per heavy atom. The number of ether oxygens (including phenoxy) is 1. The van der Waals surface area contributed by atoms with E-state index in [-0.39, 0.29) is 5.91 Å². The van der Waals surface area contributed by atoms with Crippen LogP contribution >= 0.6 is 0 Å². The minimum absolute atomic E-state index is 0.134. The summed E-state index contributed by atoms with van der Waals surface area (Å²) in [5, 5.41) is 6.00. The summed E-state index contributed by atoms with van der Waals surface area (Å²) in [5.74, 6) is 1.94. The van der Waals surface area contributed by atoms with E-state index < -0.39 is 0 Å². The number of carbonyl (C=O) groups is 1. The van der Waals surface area contributed by atoms with E-state index in [4.69, 9.17) is 4.74 Å². The van der Waals surface area contributed by atoms with Crippen LogP contribution in [-0.2, 0) is 6.42 Å². The first-order valence-corrected chi connectivity index (χ1v) is 8.30. The van der Waals surface area contributed by atoms with Crippen LogP contribution in [0.25, 0.3) is 0 Å². The lowest BCUT2D eigenvalue weighted by Crippen LogP contribution is -2.25. The highest BCUT2D eigenvalue weighted by atomic mass is 16.5. The van der Waals surface area contributed by atoms with Crippen LogP contribution in [0.15, 0.2) is 67.0 Å². The summed E-state index contributed by atoms with van der Waals surface area (Å²) in [5.41, 5.74) is 1.69. The van der Waals surface area contributed by atoms with Crippen LogP contribution in [0.5, 0.6) is 5.75 Å². The SMILES string of the molecule is COc1ccc(CCNC(=O)c2ccnc(Nc3ccccn3)c2)cc1. The second kappa shape index (κ2) is 8.62. The number of nitrogens with one attached hydrogen (secondary N) is 2. The second-order valence-corrected chi connectivity index (χ2v) is 5.62. The van der Waals surface area contributed by atoms with Gasteiger partial charge in [0, 0.05) is 24.5 Å². The Labute approximate surface area is 152 Å². The number of nitrogens with zero attached hydrogens (tertiary/aromatic N) is 2. The summed E-state index contributed by atoms with van der Waals surface area (Å²) < 4.78 is 5.14. The summed E-state index contributed by atoms with van der Waals surface area (Å²) in [6, 6.07) is 16.8.